The lowest BCUT2D eigenvalue weighted by Crippen LogP contribution is -2.56. The summed E-state index contributed by atoms with van der Waals surface area (Å²) in [4.78, 5) is 12.5. The van der Waals surface area contributed by atoms with Gasteiger partial charge in [0, 0.05) is 17.0 Å². The summed E-state index contributed by atoms with van der Waals surface area (Å²) >= 11 is 6.04. The van der Waals surface area contributed by atoms with Gasteiger partial charge in [0.05, 0.1) is 12.1 Å². The summed E-state index contributed by atoms with van der Waals surface area (Å²) in [6.45, 7) is 0. The molecule has 0 saturated heterocycles. The second-order valence-electron chi connectivity index (χ2n) is 6.56. The monoisotopic (exact) mass is 410 g/mol. The van der Waals surface area contributed by atoms with E-state index >= 15 is 0 Å². The van der Waals surface area contributed by atoms with Crippen LogP contribution in [-0.2, 0) is 11.2 Å². The van der Waals surface area contributed by atoms with Crippen LogP contribution in [0.4, 0.5) is 13.2 Å². The predicted molar refractivity (Wildman–Crippen MR) is 99.8 cm³/mol. The molecule has 0 aromatic heterocycles. The summed E-state index contributed by atoms with van der Waals surface area (Å²) in [6.07, 6.45) is -5.23. The van der Waals surface area contributed by atoms with Crippen LogP contribution in [0.1, 0.15) is 30.4 Å². The highest BCUT2D eigenvalue weighted by molar-refractivity contribution is 6.34. The van der Waals surface area contributed by atoms with E-state index < -0.39 is 24.2 Å². The zero-order valence-corrected chi connectivity index (χ0v) is 15.5. The number of hydrazone groups is 1. The van der Waals surface area contributed by atoms with Gasteiger partial charge in [-0.25, -0.2) is 0 Å². The minimum Gasteiger partial charge on any atom is -0.362 e. The number of nitrogens with zero attached hydrogens (tertiary/aromatic N) is 2. The maximum atomic E-state index is 13.6. The molecule has 1 aliphatic rings. The minimum absolute atomic E-state index is 0.0816. The molecule has 4 nitrogen and oxygen atoms in total. The topological polar surface area (TPSA) is 52.9 Å². The van der Waals surface area contributed by atoms with Crippen molar-refractivity contribution >= 4 is 23.2 Å². The number of hydrogen-bond acceptors (Lipinski definition) is 3. The van der Waals surface area contributed by atoms with Gasteiger partial charge in [-0.05, 0) is 24.5 Å². The number of alkyl halides is 3. The molecule has 3 rings (SSSR count). The zero-order chi connectivity index (χ0) is 20.4. The zero-order valence-electron chi connectivity index (χ0n) is 14.8. The van der Waals surface area contributed by atoms with Crippen LogP contribution in [0.3, 0.4) is 0 Å². The number of aryl methyl sites for hydroxylation is 1. The highest BCUT2D eigenvalue weighted by Crippen LogP contribution is 2.42. The van der Waals surface area contributed by atoms with Crippen molar-refractivity contribution in [1.82, 2.24) is 5.01 Å². The van der Waals surface area contributed by atoms with Crippen LogP contribution in [0.2, 0.25) is 5.02 Å². The molecule has 1 N–H and O–H groups in total. The maximum Gasteiger partial charge on any atom is 0.438 e. The molecule has 0 bridgehead atoms. The summed E-state index contributed by atoms with van der Waals surface area (Å²) in [6, 6.07) is 15.5. The standard InChI is InChI=1S/C20H18ClF3N2O2/c21-16-11-5-4-10-15(16)17-13-19(28,20(22,23)24)26(25-17)18(27)12-6-9-14-7-2-1-3-8-14/h1-5,7-8,10-11,28H,6,9,12-13H2. The van der Waals surface area contributed by atoms with Crippen LogP contribution in [-0.4, -0.2) is 33.6 Å². The number of carbonyl (C=O) groups is 1. The van der Waals surface area contributed by atoms with Crippen molar-refractivity contribution in [1.29, 1.82) is 0 Å². The summed E-state index contributed by atoms with van der Waals surface area (Å²) in [5.41, 5.74) is -2.23. The summed E-state index contributed by atoms with van der Waals surface area (Å²) in [5.74, 6) is -0.891. The molecule has 8 heteroatoms. The first kappa shape index (κ1) is 20.4. The number of halogens is 4. The SMILES string of the molecule is O=C(CCCc1ccccc1)N1N=C(c2ccccc2Cl)CC1(O)C(F)(F)F. The lowest BCUT2D eigenvalue weighted by Gasteiger charge is -2.32. The van der Waals surface area contributed by atoms with E-state index in [1.165, 1.54) is 12.1 Å². The van der Waals surface area contributed by atoms with Gasteiger partial charge in [-0.3, -0.25) is 4.79 Å². The number of benzene rings is 2. The molecule has 0 spiro atoms. The molecule has 0 saturated carbocycles. The lowest BCUT2D eigenvalue weighted by atomic mass is 10.0. The van der Waals surface area contributed by atoms with E-state index in [-0.39, 0.29) is 27.7 Å². The van der Waals surface area contributed by atoms with E-state index in [1.807, 2.05) is 30.3 Å². The van der Waals surface area contributed by atoms with Gasteiger partial charge in [0.25, 0.3) is 5.72 Å². The summed E-state index contributed by atoms with van der Waals surface area (Å²) < 4.78 is 40.7. The number of rotatable bonds is 5. The second kappa shape index (κ2) is 7.93. The smallest absolute Gasteiger partial charge is 0.362 e. The van der Waals surface area contributed by atoms with Gasteiger partial charge in [-0.1, -0.05) is 60.1 Å². The van der Waals surface area contributed by atoms with Crippen LogP contribution >= 0.6 is 11.6 Å². The predicted octanol–water partition coefficient (Wildman–Crippen LogP) is 4.55. The molecule has 0 fully saturated rings. The average molecular weight is 411 g/mol. The average Bonchev–Trinajstić information content (AvgIpc) is 3.02. The molecule has 1 atom stereocenters. The van der Waals surface area contributed by atoms with Gasteiger partial charge in [0.15, 0.2) is 0 Å². The van der Waals surface area contributed by atoms with Crippen molar-refractivity contribution in [3.8, 4) is 0 Å². The third-order valence-corrected chi connectivity index (χ3v) is 4.89. The Hall–Kier alpha value is -2.38. The Balaban J connectivity index is 1.80. The van der Waals surface area contributed by atoms with E-state index in [4.69, 9.17) is 11.6 Å². The fraction of sp³-hybridized carbons (Fsp3) is 0.300. The van der Waals surface area contributed by atoms with E-state index in [2.05, 4.69) is 5.10 Å². The van der Waals surface area contributed by atoms with Gasteiger partial charge >= 0.3 is 6.18 Å². The maximum absolute atomic E-state index is 13.6. The fourth-order valence-electron chi connectivity index (χ4n) is 3.07. The van der Waals surface area contributed by atoms with Crippen LogP contribution in [0.25, 0.3) is 0 Å². The van der Waals surface area contributed by atoms with Crippen LogP contribution < -0.4 is 0 Å². The Bertz CT molecular complexity index is 887. The van der Waals surface area contributed by atoms with Crippen molar-refractivity contribution in [2.75, 3.05) is 0 Å². The Kier molecular flexibility index (Phi) is 5.76. The lowest BCUT2D eigenvalue weighted by molar-refractivity contribution is -0.302. The molecular weight excluding hydrogens is 393 g/mol. The Morgan fingerprint density at radius 1 is 1.14 bits per heavy atom. The first-order valence-electron chi connectivity index (χ1n) is 8.71. The molecule has 148 valence electrons. The molecule has 1 unspecified atom stereocenters. The number of carbonyl (C=O) groups excluding carboxylic acids is 1. The van der Waals surface area contributed by atoms with E-state index in [0.29, 0.717) is 12.8 Å². The third kappa shape index (κ3) is 4.05. The van der Waals surface area contributed by atoms with E-state index in [0.717, 1.165) is 5.56 Å². The molecule has 1 heterocycles. The Morgan fingerprint density at radius 2 is 1.79 bits per heavy atom. The highest BCUT2D eigenvalue weighted by Gasteiger charge is 2.63. The fourth-order valence-corrected chi connectivity index (χ4v) is 3.31. The van der Waals surface area contributed by atoms with Gasteiger partial charge in [0.1, 0.15) is 0 Å². The van der Waals surface area contributed by atoms with Gasteiger partial charge in [0.2, 0.25) is 5.91 Å². The number of hydrogen-bond donors (Lipinski definition) is 1. The van der Waals surface area contributed by atoms with Crippen molar-refractivity contribution in [3.63, 3.8) is 0 Å². The largest absolute Gasteiger partial charge is 0.438 e. The van der Waals surface area contributed by atoms with Crippen LogP contribution in [0.5, 0.6) is 0 Å². The van der Waals surface area contributed by atoms with Gasteiger partial charge in [-0.15, -0.1) is 0 Å². The number of amides is 1. The first-order chi connectivity index (χ1) is 13.2. The summed E-state index contributed by atoms with van der Waals surface area (Å²) in [5, 5.41) is 14.5. The molecule has 0 aliphatic carbocycles. The highest BCUT2D eigenvalue weighted by atomic mass is 35.5. The van der Waals surface area contributed by atoms with Crippen molar-refractivity contribution in [2.24, 2.45) is 5.10 Å². The molecule has 2 aromatic carbocycles. The minimum atomic E-state index is -5.06. The van der Waals surface area contributed by atoms with Crippen molar-refractivity contribution < 1.29 is 23.1 Å². The van der Waals surface area contributed by atoms with Crippen LogP contribution in [0.15, 0.2) is 59.7 Å². The molecule has 1 aliphatic heterocycles. The molecule has 2 aromatic rings. The molecule has 0 radical (unpaired) electrons. The Morgan fingerprint density at radius 3 is 2.43 bits per heavy atom. The normalized spacial score (nSPS) is 19.6. The van der Waals surface area contributed by atoms with Crippen molar-refractivity contribution in [2.45, 2.75) is 37.6 Å². The van der Waals surface area contributed by atoms with Gasteiger partial charge < -0.3 is 5.11 Å². The summed E-state index contributed by atoms with van der Waals surface area (Å²) in [7, 11) is 0. The third-order valence-electron chi connectivity index (χ3n) is 4.56. The van der Waals surface area contributed by atoms with Crippen molar-refractivity contribution in [3.05, 3.63) is 70.7 Å². The van der Waals surface area contributed by atoms with Gasteiger partial charge in [-0.2, -0.15) is 23.3 Å². The van der Waals surface area contributed by atoms with E-state index in [9.17, 15) is 23.1 Å². The molecule has 28 heavy (non-hydrogen) atoms. The first-order valence-corrected chi connectivity index (χ1v) is 9.08. The molecule has 1 amide bonds. The Labute approximate surface area is 165 Å². The number of aliphatic hydroxyl groups is 1. The molecular formula is C20H18ClF3N2O2. The quantitative estimate of drug-likeness (QED) is 0.786. The second-order valence-corrected chi connectivity index (χ2v) is 6.97. The van der Waals surface area contributed by atoms with Crippen LogP contribution in [0, 0.1) is 0 Å². The van der Waals surface area contributed by atoms with E-state index in [1.54, 1.807) is 12.1 Å².